The predicted octanol–water partition coefficient (Wildman–Crippen LogP) is 7.62. The Balaban J connectivity index is 0.000000184. The average Bonchev–Trinajstić information content (AvgIpc) is 3.52. The van der Waals surface area contributed by atoms with Crippen LogP contribution in [-0.4, -0.2) is 11.6 Å². The minimum absolute atomic E-state index is 0. The lowest BCUT2D eigenvalue weighted by molar-refractivity contribution is 0.0986. The molecule has 0 N–H and O–H groups in total. The molecule has 2 nitrogen and oxygen atoms in total. The molecule has 6 rings (SSSR count). The van der Waals surface area contributed by atoms with Crippen molar-refractivity contribution in [2.24, 2.45) is 0 Å². The average molecular weight is 553 g/mol. The van der Waals surface area contributed by atoms with Crippen molar-refractivity contribution in [3.63, 3.8) is 0 Å². The minimum atomic E-state index is -0.934. The van der Waals surface area contributed by atoms with Crippen molar-refractivity contribution in [3.8, 4) is 23.7 Å². The number of aryl methyl sites for hydroxylation is 2. The molecule has 0 atom stereocenters. The molecule has 0 amide bonds. The van der Waals surface area contributed by atoms with Crippen molar-refractivity contribution < 1.29 is 27.2 Å². The number of benzene rings is 4. The van der Waals surface area contributed by atoms with Gasteiger partial charge < -0.3 is 0 Å². The van der Waals surface area contributed by atoms with Crippen molar-refractivity contribution in [2.45, 2.75) is 33.1 Å². The summed E-state index contributed by atoms with van der Waals surface area (Å²) in [5.74, 6) is 7.81. The number of fused-ring (bicyclic) bond motifs is 2. The molecule has 0 radical (unpaired) electrons. The summed E-state index contributed by atoms with van der Waals surface area (Å²) in [5.41, 5.74) is 5.40. The lowest BCUT2D eigenvalue weighted by Crippen LogP contribution is -1.91. The molecule has 4 aromatic carbocycles. The molecular formula is C35H24F4O2. The third kappa shape index (κ3) is 6.62. The van der Waals surface area contributed by atoms with Gasteiger partial charge in [0.2, 0.25) is 0 Å². The second-order valence-corrected chi connectivity index (χ2v) is 9.32. The van der Waals surface area contributed by atoms with Crippen LogP contribution < -0.4 is 0 Å². The van der Waals surface area contributed by atoms with Crippen LogP contribution in [0.1, 0.15) is 74.4 Å². The van der Waals surface area contributed by atoms with Gasteiger partial charge >= 0.3 is 0 Å². The van der Waals surface area contributed by atoms with Crippen molar-refractivity contribution >= 4 is 11.6 Å². The zero-order chi connectivity index (χ0) is 28.2. The molecule has 0 aromatic heterocycles. The Bertz CT molecular complexity index is 1800. The summed E-state index contributed by atoms with van der Waals surface area (Å²) in [5, 5.41) is 0. The fourth-order valence-electron chi connectivity index (χ4n) is 4.52. The van der Waals surface area contributed by atoms with Crippen molar-refractivity contribution in [1.82, 2.24) is 0 Å². The van der Waals surface area contributed by atoms with Gasteiger partial charge in [-0.25, -0.2) is 17.6 Å². The van der Waals surface area contributed by atoms with Gasteiger partial charge in [0, 0.05) is 40.7 Å². The second-order valence-electron chi connectivity index (χ2n) is 9.32. The zero-order valence-electron chi connectivity index (χ0n) is 21.1. The number of rotatable bonds is 0. The Labute approximate surface area is 236 Å². The van der Waals surface area contributed by atoms with Crippen LogP contribution in [-0.2, 0) is 12.8 Å². The van der Waals surface area contributed by atoms with Crippen LogP contribution in [0.5, 0.6) is 0 Å². The van der Waals surface area contributed by atoms with E-state index in [1.54, 1.807) is 24.3 Å². The zero-order valence-corrected chi connectivity index (χ0v) is 21.1. The summed E-state index contributed by atoms with van der Waals surface area (Å²) in [4.78, 5) is 23.0. The summed E-state index contributed by atoms with van der Waals surface area (Å²) in [6.07, 6.45) is 2.55. The molecule has 6 heteroatoms. The monoisotopic (exact) mass is 552 g/mol. The summed E-state index contributed by atoms with van der Waals surface area (Å²) >= 11 is 0. The maximum atomic E-state index is 13.5. The molecule has 41 heavy (non-hydrogen) atoms. The summed E-state index contributed by atoms with van der Waals surface area (Å²) in [7, 11) is 0. The third-order valence-electron chi connectivity index (χ3n) is 6.62. The number of carbonyl (C=O) groups is 2. The number of Topliss-reactive ketones (excluding diaryl/α,β-unsaturated/α-hetero) is 2. The highest BCUT2D eigenvalue weighted by atomic mass is 19.2. The van der Waals surface area contributed by atoms with E-state index in [-0.39, 0.29) is 24.6 Å². The SMILES string of the molecule is C.O=C1CCc2cc(C#Cc3ccc(F)c(F)c3)ccc21.O=C1CCc2cc(C#Cc3cccc(F)c3F)ccc21. The molecular weight excluding hydrogens is 528 g/mol. The van der Waals surface area contributed by atoms with Gasteiger partial charge in [-0.1, -0.05) is 37.2 Å². The Morgan fingerprint density at radius 1 is 0.512 bits per heavy atom. The van der Waals surface area contributed by atoms with Crippen LogP contribution in [0.4, 0.5) is 17.6 Å². The summed E-state index contributed by atoms with van der Waals surface area (Å²) in [6, 6.07) is 18.2. The Morgan fingerprint density at radius 3 is 1.59 bits per heavy atom. The van der Waals surface area contributed by atoms with Crippen LogP contribution in [0.25, 0.3) is 0 Å². The number of ketones is 2. The number of hydrogen-bond donors (Lipinski definition) is 0. The number of halogens is 4. The van der Waals surface area contributed by atoms with Crippen molar-refractivity contribution in [1.29, 1.82) is 0 Å². The van der Waals surface area contributed by atoms with Gasteiger partial charge in [-0.05, 0) is 90.7 Å². The van der Waals surface area contributed by atoms with Crippen LogP contribution in [0.3, 0.4) is 0 Å². The first-order valence-corrected chi connectivity index (χ1v) is 12.5. The second kappa shape index (κ2) is 12.5. The van der Waals surface area contributed by atoms with Gasteiger partial charge in [-0.3, -0.25) is 9.59 Å². The molecule has 0 saturated carbocycles. The number of hydrogen-bond acceptors (Lipinski definition) is 2. The standard InChI is InChI=1S/2C17H10F2O.CH4/c18-15-7-4-12(10-16(15)19)2-1-11-3-6-14-13(9-11)5-8-17(14)20;18-15-3-1-2-12(17(15)19)6-4-11-5-8-14-13(10-11)7-9-16(14)20;/h3-4,6-7,9-10H,5,8H2;1-3,5,8,10H,7,9H2;1H4. The fourth-order valence-corrected chi connectivity index (χ4v) is 4.52. The highest BCUT2D eigenvalue weighted by Crippen LogP contribution is 2.24. The molecule has 2 aliphatic carbocycles. The molecule has 204 valence electrons. The van der Waals surface area contributed by atoms with Gasteiger partial charge in [0.25, 0.3) is 0 Å². The molecule has 2 aliphatic rings. The molecule has 0 saturated heterocycles. The molecule has 0 unspecified atom stereocenters. The topological polar surface area (TPSA) is 34.1 Å². The predicted molar refractivity (Wildman–Crippen MR) is 150 cm³/mol. The molecule has 0 heterocycles. The lowest BCUT2D eigenvalue weighted by Gasteiger charge is -1.98. The third-order valence-corrected chi connectivity index (χ3v) is 6.62. The molecule has 4 aromatic rings. The quantitative estimate of drug-likeness (QED) is 0.166. The van der Waals surface area contributed by atoms with Crippen molar-refractivity contribution in [2.75, 3.05) is 0 Å². The molecule has 0 spiro atoms. The number of carbonyl (C=O) groups excluding carboxylic acids is 2. The molecule has 0 fully saturated rings. The fraction of sp³-hybridized carbons (Fsp3) is 0.143. The van der Waals surface area contributed by atoms with Crippen LogP contribution in [0, 0.1) is 47.0 Å². The maximum Gasteiger partial charge on any atom is 0.174 e. The van der Waals surface area contributed by atoms with E-state index in [1.165, 1.54) is 18.2 Å². The molecule has 0 aliphatic heterocycles. The van der Waals surface area contributed by atoms with Gasteiger partial charge in [0.05, 0.1) is 5.56 Å². The van der Waals surface area contributed by atoms with Crippen LogP contribution >= 0.6 is 0 Å². The van der Waals surface area contributed by atoms with E-state index in [4.69, 9.17) is 0 Å². The summed E-state index contributed by atoms with van der Waals surface area (Å²) < 4.78 is 52.3. The van der Waals surface area contributed by atoms with Gasteiger partial charge in [-0.2, -0.15) is 0 Å². The molecule has 0 bridgehead atoms. The van der Waals surface area contributed by atoms with E-state index < -0.39 is 23.3 Å². The lowest BCUT2D eigenvalue weighted by atomic mass is 10.1. The van der Waals surface area contributed by atoms with E-state index >= 15 is 0 Å². The van der Waals surface area contributed by atoms with Gasteiger partial charge in [0.1, 0.15) is 0 Å². The Kier molecular flexibility index (Phi) is 8.85. The first-order chi connectivity index (χ1) is 19.3. The van der Waals surface area contributed by atoms with Gasteiger partial charge in [-0.15, -0.1) is 0 Å². The van der Waals surface area contributed by atoms with Crippen molar-refractivity contribution in [3.05, 3.63) is 141 Å². The van der Waals surface area contributed by atoms with Crippen LogP contribution in [0.15, 0.2) is 72.8 Å². The Morgan fingerprint density at radius 2 is 1.02 bits per heavy atom. The van der Waals surface area contributed by atoms with E-state index in [9.17, 15) is 27.2 Å². The summed E-state index contributed by atoms with van der Waals surface area (Å²) in [6.45, 7) is 0. The first kappa shape index (κ1) is 29.1. The normalized spacial score (nSPS) is 12.5. The maximum absolute atomic E-state index is 13.5. The van der Waals surface area contributed by atoms with E-state index in [2.05, 4.69) is 23.7 Å². The van der Waals surface area contributed by atoms with E-state index in [0.717, 1.165) is 58.9 Å². The van der Waals surface area contributed by atoms with E-state index in [1.807, 2.05) is 12.1 Å². The minimum Gasteiger partial charge on any atom is -0.294 e. The smallest absolute Gasteiger partial charge is 0.174 e. The highest BCUT2D eigenvalue weighted by Gasteiger charge is 2.19. The largest absolute Gasteiger partial charge is 0.294 e. The first-order valence-electron chi connectivity index (χ1n) is 12.5. The van der Waals surface area contributed by atoms with E-state index in [0.29, 0.717) is 24.0 Å². The Hall–Kier alpha value is -4.94. The van der Waals surface area contributed by atoms with Crippen LogP contribution in [0.2, 0.25) is 0 Å². The highest BCUT2D eigenvalue weighted by molar-refractivity contribution is 6.01. The van der Waals surface area contributed by atoms with Gasteiger partial charge in [0.15, 0.2) is 34.8 Å².